The van der Waals surface area contributed by atoms with E-state index < -0.39 is 4.92 Å². The first-order chi connectivity index (χ1) is 12.5. The van der Waals surface area contributed by atoms with Gasteiger partial charge in [-0.05, 0) is 29.3 Å². The first kappa shape index (κ1) is 18.0. The van der Waals surface area contributed by atoms with Gasteiger partial charge in [0.1, 0.15) is 4.32 Å². The average molecular weight is 382 g/mol. The van der Waals surface area contributed by atoms with Gasteiger partial charge in [-0.2, -0.15) is 0 Å². The number of non-ortho nitro benzene ring substituents is 1. The van der Waals surface area contributed by atoms with Gasteiger partial charge in [-0.15, -0.1) is 0 Å². The number of nitro groups is 1. The SMILES string of the molecule is O=C1C(=C/C=C/c2ccc([N+](=O)[O-])cc2)SC(=S)N1Cc1ccccc1. The summed E-state index contributed by atoms with van der Waals surface area (Å²) < 4.78 is 0.536. The van der Waals surface area contributed by atoms with Crippen molar-refractivity contribution in [2.45, 2.75) is 6.54 Å². The van der Waals surface area contributed by atoms with Crippen LogP contribution in [-0.2, 0) is 11.3 Å². The summed E-state index contributed by atoms with van der Waals surface area (Å²) in [5.74, 6) is -0.114. The van der Waals surface area contributed by atoms with Gasteiger partial charge >= 0.3 is 0 Å². The standard InChI is InChI=1S/C19H14N2O3S2/c22-18-17(8-4-7-14-9-11-16(12-10-14)21(23)24)26-19(25)20(18)13-15-5-2-1-3-6-15/h1-12H,13H2/b7-4+,17-8?. The van der Waals surface area contributed by atoms with Crippen molar-refractivity contribution in [3.8, 4) is 0 Å². The lowest BCUT2D eigenvalue weighted by atomic mass is 10.2. The van der Waals surface area contributed by atoms with Gasteiger partial charge in [-0.25, -0.2) is 0 Å². The van der Waals surface area contributed by atoms with E-state index in [9.17, 15) is 14.9 Å². The summed E-state index contributed by atoms with van der Waals surface area (Å²) >= 11 is 6.59. The number of hydrogen-bond donors (Lipinski definition) is 0. The number of allylic oxidation sites excluding steroid dienone is 2. The Kier molecular flexibility index (Phi) is 5.60. The molecule has 0 radical (unpaired) electrons. The number of carbonyl (C=O) groups excluding carboxylic acids is 1. The van der Waals surface area contributed by atoms with Gasteiger partial charge in [-0.3, -0.25) is 19.8 Å². The second-order valence-corrected chi connectivity index (χ2v) is 7.16. The van der Waals surface area contributed by atoms with Crippen molar-refractivity contribution >= 4 is 46.0 Å². The number of hydrogen-bond acceptors (Lipinski definition) is 5. The first-order valence-corrected chi connectivity index (χ1v) is 8.97. The summed E-state index contributed by atoms with van der Waals surface area (Å²) in [6.45, 7) is 0.453. The maximum absolute atomic E-state index is 12.5. The number of nitrogens with zero attached hydrogens (tertiary/aromatic N) is 2. The molecule has 0 unspecified atom stereocenters. The second-order valence-electron chi connectivity index (χ2n) is 5.48. The van der Waals surface area contributed by atoms with Gasteiger partial charge in [-0.1, -0.05) is 66.5 Å². The molecule has 1 fully saturated rings. The largest absolute Gasteiger partial charge is 0.288 e. The van der Waals surface area contributed by atoms with Crippen LogP contribution in [0.3, 0.4) is 0 Å². The Morgan fingerprint density at radius 1 is 1.12 bits per heavy atom. The molecule has 7 heteroatoms. The summed E-state index contributed by atoms with van der Waals surface area (Å²) in [6, 6.07) is 15.9. The molecule has 0 saturated carbocycles. The van der Waals surface area contributed by atoms with Gasteiger partial charge in [0.2, 0.25) is 0 Å². The molecule has 0 aromatic heterocycles. The average Bonchev–Trinajstić information content (AvgIpc) is 2.91. The van der Waals surface area contributed by atoms with E-state index in [2.05, 4.69) is 0 Å². The number of thioether (sulfide) groups is 1. The Hall–Kier alpha value is -2.77. The van der Waals surface area contributed by atoms with Crippen molar-refractivity contribution in [1.82, 2.24) is 4.90 Å². The molecule has 2 aromatic carbocycles. The lowest BCUT2D eigenvalue weighted by Gasteiger charge is -2.14. The quantitative estimate of drug-likeness (QED) is 0.328. The first-order valence-electron chi connectivity index (χ1n) is 7.75. The number of carbonyl (C=O) groups is 1. The zero-order chi connectivity index (χ0) is 18.5. The fourth-order valence-electron chi connectivity index (χ4n) is 2.37. The lowest BCUT2D eigenvalue weighted by molar-refractivity contribution is -0.384. The minimum Gasteiger partial charge on any atom is -0.288 e. The molecule has 1 aliphatic heterocycles. The van der Waals surface area contributed by atoms with E-state index in [0.29, 0.717) is 15.8 Å². The van der Waals surface area contributed by atoms with E-state index in [1.54, 1.807) is 35.3 Å². The summed E-state index contributed by atoms with van der Waals surface area (Å²) in [7, 11) is 0. The van der Waals surface area contributed by atoms with Crippen LogP contribution >= 0.6 is 24.0 Å². The number of amides is 1. The van der Waals surface area contributed by atoms with Crippen LogP contribution in [0.5, 0.6) is 0 Å². The molecule has 0 spiro atoms. The van der Waals surface area contributed by atoms with Crippen LogP contribution in [0.2, 0.25) is 0 Å². The van der Waals surface area contributed by atoms with Crippen LogP contribution in [0.25, 0.3) is 6.08 Å². The number of rotatable bonds is 5. The highest BCUT2D eigenvalue weighted by molar-refractivity contribution is 8.26. The highest BCUT2D eigenvalue weighted by atomic mass is 32.2. The summed E-state index contributed by atoms with van der Waals surface area (Å²) in [5.41, 5.74) is 1.88. The Bertz CT molecular complexity index is 906. The molecule has 5 nitrogen and oxygen atoms in total. The topological polar surface area (TPSA) is 63.4 Å². The molecule has 1 aliphatic rings. The van der Waals surface area contributed by atoms with Crippen molar-refractivity contribution in [2.24, 2.45) is 0 Å². The molecule has 26 heavy (non-hydrogen) atoms. The summed E-state index contributed by atoms with van der Waals surface area (Å²) in [6.07, 6.45) is 5.25. The molecule has 130 valence electrons. The predicted octanol–water partition coefficient (Wildman–Crippen LogP) is 4.55. The van der Waals surface area contributed by atoms with Gasteiger partial charge in [0.25, 0.3) is 11.6 Å². The summed E-state index contributed by atoms with van der Waals surface area (Å²) in [4.78, 5) is 24.9. The van der Waals surface area contributed by atoms with Crippen LogP contribution < -0.4 is 0 Å². The molecule has 0 N–H and O–H groups in total. The zero-order valence-corrected chi connectivity index (χ0v) is 15.2. The lowest BCUT2D eigenvalue weighted by Crippen LogP contribution is -2.27. The normalized spacial score (nSPS) is 16.0. The van der Waals surface area contributed by atoms with Crippen LogP contribution in [-0.4, -0.2) is 20.1 Å². The van der Waals surface area contributed by atoms with Crippen LogP contribution in [0, 0.1) is 10.1 Å². The van der Waals surface area contributed by atoms with Crippen molar-refractivity contribution in [1.29, 1.82) is 0 Å². The maximum Gasteiger partial charge on any atom is 0.269 e. The van der Waals surface area contributed by atoms with Crippen molar-refractivity contribution < 1.29 is 9.72 Å². The van der Waals surface area contributed by atoms with Crippen LogP contribution in [0.4, 0.5) is 5.69 Å². The molecule has 1 heterocycles. The Labute approximate surface area is 160 Å². The third kappa shape index (κ3) is 4.25. The second kappa shape index (κ2) is 8.07. The third-order valence-corrected chi connectivity index (χ3v) is 5.09. The van der Waals surface area contributed by atoms with Gasteiger partial charge in [0.05, 0.1) is 16.4 Å². The minimum atomic E-state index is -0.439. The molecular weight excluding hydrogens is 368 g/mol. The molecule has 1 saturated heterocycles. The van der Waals surface area contributed by atoms with Crippen LogP contribution in [0.15, 0.2) is 71.7 Å². The molecule has 2 aromatic rings. The maximum atomic E-state index is 12.5. The number of thiocarbonyl (C=S) groups is 1. The molecule has 0 bridgehead atoms. The highest BCUT2D eigenvalue weighted by Crippen LogP contribution is 2.32. The van der Waals surface area contributed by atoms with Crippen molar-refractivity contribution in [3.63, 3.8) is 0 Å². The third-order valence-electron chi connectivity index (χ3n) is 3.70. The van der Waals surface area contributed by atoms with E-state index in [1.807, 2.05) is 30.3 Å². The monoisotopic (exact) mass is 382 g/mol. The summed E-state index contributed by atoms with van der Waals surface area (Å²) in [5, 5.41) is 10.6. The van der Waals surface area contributed by atoms with E-state index in [1.165, 1.54) is 23.9 Å². The van der Waals surface area contributed by atoms with E-state index >= 15 is 0 Å². The molecule has 0 atom stereocenters. The van der Waals surface area contributed by atoms with E-state index in [4.69, 9.17) is 12.2 Å². The zero-order valence-electron chi connectivity index (χ0n) is 13.6. The number of benzene rings is 2. The van der Waals surface area contributed by atoms with Crippen LogP contribution in [0.1, 0.15) is 11.1 Å². The van der Waals surface area contributed by atoms with Gasteiger partial charge in [0.15, 0.2) is 0 Å². The predicted molar refractivity (Wildman–Crippen MR) is 107 cm³/mol. The van der Waals surface area contributed by atoms with E-state index in [-0.39, 0.29) is 11.6 Å². The molecule has 3 rings (SSSR count). The number of nitro benzene ring substituents is 1. The van der Waals surface area contributed by atoms with Gasteiger partial charge < -0.3 is 0 Å². The Balaban J connectivity index is 1.68. The smallest absolute Gasteiger partial charge is 0.269 e. The van der Waals surface area contributed by atoms with Crippen molar-refractivity contribution in [3.05, 3.63) is 92.9 Å². The Morgan fingerprint density at radius 3 is 2.46 bits per heavy atom. The fraction of sp³-hybridized carbons (Fsp3) is 0.0526. The highest BCUT2D eigenvalue weighted by Gasteiger charge is 2.31. The molecule has 0 aliphatic carbocycles. The van der Waals surface area contributed by atoms with E-state index in [0.717, 1.165) is 11.1 Å². The minimum absolute atomic E-state index is 0.0453. The van der Waals surface area contributed by atoms with Crippen molar-refractivity contribution in [2.75, 3.05) is 0 Å². The fourth-order valence-corrected chi connectivity index (χ4v) is 3.58. The molecular formula is C19H14N2O3S2. The van der Waals surface area contributed by atoms with Gasteiger partial charge in [0, 0.05) is 12.1 Å². The molecule has 1 amide bonds. The Morgan fingerprint density at radius 2 is 1.81 bits per heavy atom.